The van der Waals surface area contributed by atoms with E-state index in [4.69, 9.17) is 0 Å². The van der Waals surface area contributed by atoms with Crippen LogP contribution in [0, 0.1) is 0 Å². The molecule has 3 rings (SSSR count). The summed E-state index contributed by atoms with van der Waals surface area (Å²) in [5.74, 6) is 0.0114. The number of aromatic nitrogens is 2. The molecule has 2 aliphatic rings. The van der Waals surface area contributed by atoms with Gasteiger partial charge in [0.2, 0.25) is 11.8 Å². The number of hydrogen-bond acceptors (Lipinski definition) is 4. The van der Waals surface area contributed by atoms with E-state index in [1.807, 2.05) is 13.2 Å². The van der Waals surface area contributed by atoms with Gasteiger partial charge in [0.1, 0.15) is 6.54 Å². The molecule has 1 aromatic rings. The van der Waals surface area contributed by atoms with Crippen molar-refractivity contribution in [2.45, 2.75) is 18.9 Å². The van der Waals surface area contributed by atoms with E-state index in [1.165, 1.54) is 0 Å². The molecule has 116 valence electrons. The summed E-state index contributed by atoms with van der Waals surface area (Å²) in [4.78, 5) is 27.8. The standard InChI is InChI=1S/C13H19N5O2.ClH/c1-16-8-10(7-15-16)18-6-5-17(9-12(18)19)13(20)11-3-2-4-14-11;/h7-8,11,14H,2-6,9H2,1H3;1H. The van der Waals surface area contributed by atoms with E-state index >= 15 is 0 Å². The van der Waals surface area contributed by atoms with Gasteiger partial charge in [0.05, 0.1) is 17.9 Å². The summed E-state index contributed by atoms with van der Waals surface area (Å²) in [6.45, 7) is 2.16. The summed E-state index contributed by atoms with van der Waals surface area (Å²) in [5, 5.41) is 7.26. The van der Waals surface area contributed by atoms with Crippen molar-refractivity contribution in [1.82, 2.24) is 20.0 Å². The number of nitrogens with one attached hydrogen (secondary N) is 1. The molecule has 1 unspecified atom stereocenters. The maximum Gasteiger partial charge on any atom is 0.246 e. The maximum atomic E-state index is 12.3. The summed E-state index contributed by atoms with van der Waals surface area (Å²) >= 11 is 0. The fraction of sp³-hybridized carbons (Fsp3) is 0.615. The minimum absolute atomic E-state index is 0. The SMILES string of the molecule is Cl.Cn1cc(N2CCN(C(=O)C3CCCN3)CC2=O)cn1. The van der Waals surface area contributed by atoms with E-state index in [0.29, 0.717) is 13.1 Å². The third-order valence-electron chi connectivity index (χ3n) is 3.89. The van der Waals surface area contributed by atoms with Gasteiger partial charge in [-0.25, -0.2) is 0 Å². The Labute approximate surface area is 129 Å². The fourth-order valence-corrected chi connectivity index (χ4v) is 2.80. The van der Waals surface area contributed by atoms with Crippen LogP contribution in [0.4, 0.5) is 5.69 Å². The minimum Gasteiger partial charge on any atom is -0.330 e. The van der Waals surface area contributed by atoms with Gasteiger partial charge in [0, 0.05) is 26.3 Å². The summed E-state index contributed by atoms with van der Waals surface area (Å²) in [5.41, 5.74) is 0.795. The van der Waals surface area contributed by atoms with Crippen LogP contribution in [-0.4, -0.2) is 58.7 Å². The lowest BCUT2D eigenvalue weighted by atomic mass is 10.2. The zero-order valence-corrected chi connectivity index (χ0v) is 12.8. The molecule has 8 heteroatoms. The van der Waals surface area contributed by atoms with Gasteiger partial charge in [-0.1, -0.05) is 0 Å². The Balaban J connectivity index is 0.00000161. The largest absolute Gasteiger partial charge is 0.330 e. The second-order valence-electron chi connectivity index (χ2n) is 5.33. The van der Waals surface area contributed by atoms with Crippen molar-refractivity contribution in [3.8, 4) is 0 Å². The van der Waals surface area contributed by atoms with Gasteiger partial charge in [-0.15, -0.1) is 12.4 Å². The number of carbonyl (C=O) groups is 2. The zero-order chi connectivity index (χ0) is 14.1. The fourth-order valence-electron chi connectivity index (χ4n) is 2.80. The summed E-state index contributed by atoms with van der Waals surface area (Å²) in [6, 6.07) is -0.104. The third-order valence-corrected chi connectivity index (χ3v) is 3.89. The molecule has 0 aromatic carbocycles. The monoisotopic (exact) mass is 313 g/mol. The molecule has 0 radical (unpaired) electrons. The Morgan fingerprint density at radius 1 is 1.43 bits per heavy atom. The third kappa shape index (κ3) is 3.19. The lowest BCUT2D eigenvalue weighted by Crippen LogP contribution is -2.55. The Kier molecular flexibility index (Phi) is 4.84. The van der Waals surface area contributed by atoms with Gasteiger partial charge in [0.25, 0.3) is 0 Å². The molecular formula is C13H20ClN5O2. The second-order valence-corrected chi connectivity index (χ2v) is 5.33. The highest BCUT2D eigenvalue weighted by atomic mass is 35.5. The predicted octanol–water partition coefficient (Wildman–Crippen LogP) is -0.231. The number of piperazine rings is 1. The van der Waals surface area contributed by atoms with E-state index in [2.05, 4.69) is 10.4 Å². The first-order valence-electron chi connectivity index (χ1n) is 6.96. The summed E-state index contributed by atoms with van der Waals surface area (Å²) < 4.78 is 1.67. The molecule has 2 fully saturated rings. The predicted molar refractivity (Wildman–Crippen MR) is 80.4 cm³/mol. The van der Waals surface area contributed by atoms with Gasteiger partial charge in [0.15, 0.2) is 0 Å². The number of rotatable bonds is 2. The van der Waals surface area contributed by atoms with Crippen molar-refractivity contribution in [3.63, 3.8) is 0 Å². The molecule has 21 heavy (non-hydrogen) atoms. The van der Waals surface area contributed by atoms with Gasteiger partial charge in [-0.2, -0.15) is 5.10 Å². The molecule has 2 aliphatic heterocycles. The van der Waals surface area contributed by atoms with Crippen molar-refractivity contribution < 1.29 is 9.59 Å². The molecule has 1 aromatic heterocycles. The Morgan fingerprint density at radius 2 is 2.24 bits per heavy atom. The Morgan fingerprint density at radius 3 is 2.81 bits per heavy atom. The first kappa shape index (κ1) is 15.8. The molecule has 0 bridgehead atoms. The van der Waals surface area contributed by atoms with Gasteiger partial charge >= 0.3 is 0 Å². The number of aryl methyl sites for hydroxylation is 1. The molecule has 1 atom stereocenters. The van der Waals surface area contributed by atoms with Crippen molar-refractivity contribution in [1.29, 1.82) is 0 Å². The van der Waals surface area contributed by atoms with Crippen LogP contribution < -0.4 is 10.2 Å². The van der Waals surface area contributed by atoms with Crippen molar-refractivity contribution in [3.05, 3.63) is 12.4 Å². The Bertz CT molecular complexity index is 526. The number of carbonyl (C=O) groups excluding carboxylic acids is 2. The number of hydrogen-bond donors (Lipinski definition) is 1. The summed E-state index contributed by atoms with van der Waals surface area (Å²) in [7, 11) is 1.82. The highest BCUT2D eigenvalue weighted by Crippen LogP contribution is 2.17. The lowest BCUT2D eigenvalue weighted by molar-refractivity contribution is -0.138. The summed E-state index contributed by atoms with van der Waals surface area (Å²) in [6.07, 6.45) is 5.39. The molecule has 2 saturated heterocycles. The molecule has 1 N–H and O–H groups in total. The normalized spacial score (nSPS) is 22.3. The van der Waals surface area contributed by atoms with E-state index in [0.717, 1.165) is 25.1 Å². The highest BCUT2D eigenvalue weighted by Gasteiger charge is 2.33. The average Bonchev–Trinajstić information content (AvgIpc) is 3.09. The van der Waals surface area contributed by atoms with E-state index in [1.54, 1.807) is 20.7 Å². The van der Waals surface area contributed by atoms with E-state index < -0.39 is 0 Å². The minimum atomic E-state index is -0.104. The van der Waals surface area contributed by atoms with Crippen LogP contribution in [0.3, 0.4) is 0 Å². The first-order valence-corrected chi connectivity index (χ1v) is 6.96. The van der Waals surface area contributed by atoms with Gasteiger partial charge < -0.3 is 15.1 Å². The van der Waals surface area contributed by atoms with Crippen LogP contribution in [0.1, 0.15) is 12.8 Å². The lowest BCUT2D eigenvalue weighted by Gasteiger charge is -2.34. The second kappa shape index (κ2) is 6.44. The highest BCUT2D eigenvalue weighted by molar-refractivity contribution is 5.98. The number of amides is 2. The zero-order valence-electron chi connectivity index (χ0n) is 12.0. The molecule has 7 nitrogen and oxygen atoms in total. The van der Waals surface area contributed by atoms with Crippen molar-refractivity contribution >= 4 is 29.9 Å². The smallest absolute Gasteiger partial charge is 0.246 e. The van der Waals surface area contributed by atoms with Crippen LogP contribution in [0.15, 0.2) is 12.4 Å². The van der Waals surface area contributed by atoms with Crippen molar-refractivity contribution in [2.24, 2.45) is 7.05 Å². The van der Waals surface area contributed by atoms with Crippen LogP contribution in [0.25, 0.3) is 0 Å². The average molecular weight is 314 g/mol. The van der Waals surface area contributed by atoms with E-state index in [-0.39, 0.29) is 36.8 Å². The van der Waals surface area contributed by atoms with E-state index in [9.17, 15) is 9.59 Å². The molecular weight excluding hydrogens is 294 g/mol. The first-order chi connectivity index (χ1) is 9.65. The Hall–Kier alpha value is -1.60. The molecule has 2 amide bonds. The van der Waals surface area contributed by atoms with Crippen LogP contribution in [-0.2, 0) is 16.6 Å². The van der Waals surface area contributed by atoms with Crippen LogP contribution >= 0.6 is 12.4 Å². The van der Waals surface area contributed by atoms with Gasteiger partial charge in [-0.05, 0) is 19.4 Å². The van der Waals surface area contributed by atoms with Gasteiger partial charge in [-0.3, -0.25) is 14.3 Å². The molecule has 3 heterocycles. The number of halogens is 1. The number of anilines is 1. The molecule has 0 saturated carbocycles. The van der Waals surface area contributed by atoms with Crippen molar-refractivity contribution in [2.75, 3.05) is 31.1 Å². The quantitative estimate of drug-likeness (QED) is 0.819. The molecule has 0 aliphatic carbocycles. The van der Waals surface area contributed by atoms with Crippen LogP contribution in [0.5, 0.6) is 0 Å². The maximum absolute atomic E-state index is 12.3. The topological polar surface area (TPSA) is 70.5 Å². The van der Waals surface area contributed by atoms with Crippen LogP contribution in [0.2, 0.25) is 0 Å². The number of nitrogens with zero attached hydrogens (tertiary/aromatic N) is 4. The molecule has 0 spiro atoms.